The minimum absolute atomic E-state index is 0. The summed E-state index contributed by atoms with van der Waals surface area (Å²) >= 11 is 0. The topological polar surface area (TPSA) is 72.6 Å². The molecular weight excluding hydrogens is 330 g/mol. The van der Waals surface area contributed by atoms with Gasteiger partial charge in [-0.1, -0.05) is 11.5 Å². The number of hydrogen-bond donors (Lipinski definition) is 0. The van der Waals surface area contributed by atoms with Crippen molar-refractivity contribution >= 4 is 0 Å². The zero-order valence-corrected chi connectivity index (χ0v) is 8.63. The molecule has 0 aromatic heterocycles. The molecule has 0 bridgehead atoms. The van der Waals surface area contributed by atoms with Crippen LogP contribution in [0.1, 0.15) is 6.42 Å². The number of hydrogen-bond acceptors (Lipinski definition) is 1. The van der Waals surface area contributed by atoms with Gasteiger partial charge in [0, 0.05) is 42.6 Å². The quantitative estimate of drug-likeness (QED) is 0.326. The van der Waals surface area contributed by atoms with Gasteiger partial charge in [0.1, 0.15) is 0 Å². The number of nitrogens with one attached hydrogen (secondary N) is 1. The Hall–Kier alpha value is 0.322. The SMILES string of the molecule is [N-]=[N+]=NCCC[NH-].[U]. The zero-order chi connectivity index (χ0) is 5.54. The second-order valence-corrected chi connectivity index (χ2v) is 1.06. The first kappa shape index (κ1) is 11.2. The molecule has 0 saturated heterocycles. The van der Waals surface area contributed by atoms with Crippen molar-refractivity contribution in [3.05, 3.63) is 16.2 Å². The summed E-state index contributed by atoms with van der Waals surface area (Å²) in [5.41, 5.74) is 14.3. The van der Waals surface area contributed by atoms with E-state index in [2.05, 4.69) is 10.0 Å². The van der Waals surface area contributed by atoms with Gasteiger partial charge in [-0.25, -0.2) is 0 Å². The fourth-order valence-electron chi connectivity index (χ4n) is 0.194. The predicted molar refractivity (Wildman–Crippen MR) is 27.8 cm³/mol. The predicted octanol–water partition coefficient (Wildman–Crippen LogP) is 1.74. The first-order valence-electron chi connectivity index (χ1n) is 2.07. The van der Waals surface area contributed by atoms with Gasteiger partial charge in [0.05, 0.1) is 0 Å². The number of azide groups is 1. The van der Waals surface area contributed by atoms with Crippen molar-refractivity contribution in [2.75, 3.05) is 13.1 Å². The fraction of sp³-hybridized carbons (Fsp3) is 1.00. The van der Waals surface area contributed by atoms with Crippen LogP contribution in [0.15, 0.2) is 5.11 Å². The van der Waals surface area contributed by atoms with Crippen LogP contribution in [0.5, 0.6) is 0 Å². The molecule has 5 heteroatoms. The van der Waals surface area contributed by atoms with Crippen molar-refractivity contribution < 1.29 is 31.1 Å². The molecule has 1 N–H and O–H groups in total. The Bertz CT molecular complexity index is 77.4. The van der Waals surface area contributed by atoms with Crippen LogP contribution >= 0.6 is 0 Å². The fourth-order valence-corrected chi connectivity index (χ4v) is 0.194. The Balaban J connectivity index is 0. The number of nitrogens with zero attached hydrogens (tertiary/aromatic N) is 3. The molecule has 0 atom stereocenters. The molecule has 0 rings (SSSR count). The molecule has 0 heterocycles. The van der Waals surface area contributed by atoms with E-state index < -0.39 is 0 Å². The Morgan fingerprint density at radius 3 is 2.62 bits per heavy atom. The molecule has 0 aliphatic heterocycles. The van der Waals surface area contributed by atoms with Gasteiger partial charge in [-0.15, -0.1) is 0 Å². The van der Waals surface area contributed by atoms with Gasteiger partial charge < -0.3 is 5.73 Å². The third kappa shape index (κ3) is 9.59. The normalized spacial score (nSPS) is 6.62. The summed E-state index contributed by atoms with van der Waals surface area (Å²) in [5.74, 6) is 0. The van der Waals surface area contributed by atoms with Crippen molar-refractivity contribution in [3.8, 4) is 0 Å². The second-order valence-electron chi connectivity index (χ2n) is 1.06. The van der Waals surface area contributed by atoms with Crippen LogP contribution in [-0.2, 0) is 0 Å². The second kappa shape index (κ2) is 10.3. The minimum Gasteiger partial charge on any atom is -0.677 e. The van der Waals surface area contributed by atoms with E-state index >= 15 is 0 Å². The van der Waals surface area contributed by atoms with Crippen LogP contribution < -0.4 is 0 Å². The van der Waals surface area contributed by atoms with Crippen LogP contribution in [0.25, 0.3) is 16.2 Å². The molecule has 0 spiro atoms. The van der Waals surface area contributed by atoms with Crippen LogP contribution in [0.3, 0.4) is 0 Å². The van der Waals surface area contributed by atoms with Gasteiger partial charge in [0.2, 0.25) is 0 Å². The molecular formula is C3H7N4U-. The summed E-state index contributed by atoms with van der Waals surface area (Å²) < 4.78 is 0. The first-order valence-corrected chi connectivity index (χ1v) is 2.07. The molecule has 0 amide bonds. The molecule has 44 valence electrons. The standard InChI is InChI=1S/C3H7N4.U/c4-2-1-3-6-7-5;/h4H,1-3H2;/q-1;. The maximum Gasteiger partial charge on any atom is 0.0241 e. The Labute approximate surface area is 71.8 Å². The van der Waals surface area contributed by atoms with Crippen molar-refractivity contribution in [1.29, 1.82) is 0 Å². The smallest absolute Gasteiger partial charge is 0.0241 e. The van der Waals surface area contributed by atoms with E-state index in [1.807, 2.05) is 0 Å². The molecule has 0 aliphatic carbocycles. The van der Waals surface area contributed by atoms with Crippen molar-refractivity contribution in [2.45, 2.75) is 6.42 Å². The monoisotopic (exact) mass is 337 g/mol. The minimum atomic E-state index is 0. The van der Waals surface area contributed by atoms with Crippen molar-refractivity contribution in [2.24, 2.45) is 5.11 Å². The van der Waals surface area contributed by atoms with E-state index in [-0.39, 0.29) is 31.1 Å². The van der Waals surface area contributed by atoms with Gasteiger partial charge in [-0.2, -0.15) is 6.54 Å². The number of rotatable bonds is 3. The summed E-state index contributed by atoms with van der Waals surface area (Å²) in [6.45, 7) is 0.805. The van der Waals surface area contributed by atoms with E-state index in [1.165, 1.54) is 0 Å². The molecule has 8 heavy (non-hydrogen) atoms. The maximum atomic E-state index is 7.69. The molecule has 0 aromatic rings. The third-order valence-electron chi connectivity index (χ3n) is 0.498. The first-order chi connectivity index (χ1) is 3.41. The van der Waals surface area contributed by atoms with E-state index in [9.17, 15) is 0 Å². The van der Waals surface area contributed by atoms with Crippen molar-refractivity contribution in [1.82, 2.24) is 0 Å². The van der Waals surface area contributed by atoms with Crippen LogP contribution in [0.2, 0.25) is 0 Å². The summed E-state index contributed by atoms with van der Waals surface area (Å²) in [6, 6.07) is 0. The van der Waals surface area contributed by atoms with Gasteiger partial charge >= 0.3 is 0 Å². The van der Waals surface area contributed by atoms with Gasteiger partial charge in [0.15, 0.2) is 0 Å². The summed E-state index contributed by atoms with van der Waals surface area (Å²) in [4.78, 5) is 2.51. The Morgan fingerprint density at radius 2 is 2.25 bits per heavy atom. The molecule has 0 aliphatic rings. The van der Waals surface area contributed by atoms with Crippen LogP contribution in [0, 0.1) is 31.1 Å². The molecule has 0 saturated carbocycles. The van der Waals surface area contributed by atoms with Crippen LogP contribution in [0.4, 0.5) is 0 Å². The largest absolute Gasteiger partial charge is 0.677 e. The maximum absolute atomic E-state index is 7.69. The average molecular weight is 337 g/mol. The molecule has 0 unspecified atom stereocenters. The van der Waals surface area contributed by atoms with E-state index in [1.54, 1.807) is 0 Å². The van der Waals surface area contributed by atoms with Crippen molar-refractivity contribution in [3.63, 3.8) is 0 Å². The molecule has 0 aromatic carbocycles. The average Bonchev–Trinajstić information content (AvgIpc) is 1.69. The Morgan fingerprint density at radius 1 is 1.62 bits per heavy atom. The van der Waals surface area contributed by atoms with Gasteiger partial charge in [-0.3, -0.25) is 0 Å². The van der Waals surface area contributed by atoms with E-state index in [0.29, 0.717) is 19.5 Å². The van der Waals surface area contributed by atoms with Gasteiger partial charge in [-0.05, 0) is 5.53 Å². The summed E-state index contributed by atoms with van der Waals surface area (Å²) in [5, 5.41) is 3.22. The summed E-state index contributed by atoms with van der Waals surface area (Å²) in [7, 11) is 0. The zero-order valence-electron chi connectivity index (χ0n) is 4.46. The Kier molecular flexibility index (Phi) is 14.4. The summed E-state index contributed by atoms with van der Waals surface area (Å²) in [6.07, 6.45) is 0.671. The van der Waals surface area contributed by atoms with E-state index in [4.69, 9.17) is 11.3 Å². The van der Waals surface area contributed by atoms with Gasteiger partial charge in [0.25, 0.3) is 0 Å². The molecule has 0 fully saturated rings. The molecule has 0 radical (unpaired) electrons. The van der Waals surface area contributed by atoms with Crippen LogP contribution in [-0.4, -0.2) is 13.1 Å². The van der Waals surface area contributed by atoms with E-state index in [0.717, 1.165) is 0 Å². The molecule has 4 nitrogen and oxygen atoms in total. The third-order valence-corrected chi connectivity index (χ3v) is 0.498.